The molecule has 0 aromatic carbocycles. The number of ether oxygens (including phenoxy) is 2. The summed E-state index contributed by atoms with van der Waals surface area (Å²) in [5.74, 6) is -5.03. The van der Waals surface area contributed by atoms with Crippen LogP contribution in [0.5, 0.6) is 0 Å². The Hall–Kier alpha value is -0.540. The van der Waals surface area contributed by atoms with Gasteiger partial charge in [-0.1, -0.05) is 6.92 Å². The summed E-state index contributed by atoms with van der Waals surface area (Å²) in [5.41, 5.74) is -3.22. The zero-order valence-electron chi connectivity index (χ0n) is 11.5. The van der Waals surface area contributed by atoms with Gasteiger partial charge in [0.05, 0.1) is 6.10 Å². The lowest BCUT2D eigenvalue weighted by Gasteiger charge is -2.41. The average molecular weight is 312 g/mol. The second-order valence-electron chi connectivity index (χ2n) is 4.74. The van der Waals surface area contributed by atoms with Gasteiger partial charge in [0.25, 0.3) is 0 Å². The van der Waals surface area contributed by atoms with Crippen LogP contribution in [0.4, 0.5) is 26.3 Å². The summed E-state index contributed by atoms with van der Waals surface area (Å²) in [6, 6.07) is 0. The molecule has 0 fully saturated rings. The second-order valence-corrected chi connectivity index (χ2v) is 4.74. The fourth-order valence-corrected chi connectivity index (χ4v) is 1.40. The summed E-state index contributed by atoms with van der Waals surface area (Å²) < 4.78 is 88.1. The van der Waals surface area contributed by atoms with Crippen LogP contribution in [0.15, 0.2) is 0 Å². The third-order valence-electron chi connectivity index (χ3n) is 2.65. The highest BCUT2D eigenvalue weighted by Gasteiger charge is 2.70. The molecular formula is C11H18F6O3. The molecule has 0 saturated carbocycles. The topological polar surface area (TPSA) is 38.7 Å². The van der Waals surface area contributed by atoms with Gasteiger partial charge in [-0.15, -0.1) is 0 Å². The van der Waals surface area contributed by atoms with E-state index >= 15 is 0 Å². The Labute approximate surface area is 112 Å². The van der Waals surface area contributed by atoms with Gasteiger partial charge in [-0.2, -0.15) is 26.3 Å². The summed E-state index contributed by atoms with van der Waals surface area (Å²) in [6.07, 6.45) is -11.5. The third kappa shape index (κ3) is 3.98. The predicted molar refractivity (Wildman–Crippen MR) is 57.9 cm³/mol. The van der Waals surface area contributed by atoms with E-state index < -0.39 is 42.9 Å². The highest BCUT2D eigenvalue weighted by molar-refractivity contribution is 4.97. The van der Waals surface area contributed by atoms with Crippen molar-refractivity contribution in [2.75, 3.05) is 6.61 Å². The molecule has 1 unspecified atom stereocenters. The standard InChI is InChI=1S/C11H18F6O3/c1-5-8(4,20-9(12,13)6-18)10(14,15)11(16,17)19-7(2)3/h7,18H,5-6H2,1-4H3. The van der Waals surface area contributed by atoms with Crippen molar-refractivity contribution in [1.82, 2.24) is 0 Å². The van der Waals surface area contributed by atoms with Gasteiger partial charge in [-0.25, -0.2) is 0 Å². The van der Waals surface area contributed by atoms with Crippen LogP contribution in [0.25, 0.3) is 0 Å². The van der Waals surface area contributed by atoms with E-state index in [1.54, 1.807) is 0 Å². The van der Waals surface area contributed by atoms with Crippen molar-refractivity contribution in [3.8, 4) is 0 Å². The molecule has 0 aliphatic carbocycles. The number of aliphatic hydroxyl groups excluding tert-OH is 1. The van der Waals surface area contributed by atoms with Crippen molar-refractivity contribution in [2.45, 2.75) is 64.0 Å². The average Bonchev–Trinajstić information content (AvgIpc) is 2.26. The Morgan fingerprint density at radius 3 is 1.80 bits per heavy atom. The molecule has 0 aliphatic rings. The molecule has 0 radical (unpaired) electrons. The molecule has 122 valence electrons. The van der Waals surface area contributed by atoms with Crippen LogP contribution in [-0.4, -0.2) is 41.6 Å². The fourth-order valence-electron chi connectivity index (χ4n) is 1.40. The van der Waals surface area contributed by atoms with Gasteiger partial charge < -0.3 is 14.6 Å². The van der Waals surface area contributed by atoms with Gasteiger partial charge in [-0.3, -0.25) is 0 Å². The molecule has 0 aliphatic heterocycles. The molecular weight excluding hydrogens is 294 g/mol. The van der Waals surface area contributed by atoms with E-state index in [9.17, 15) is 26.3 Å². The van der Waals surface area contributed by atoms with E-state index in [-0.39, 0.29) is 0 Å². The van der Waals surface area contributed by atoms with Gasteiger partial charge >= 0.3 is 18.1 Å². The first-order valence-electron chi connectivity index (χ1n) is 5.87. The van der Waals surface area contributed by atoms with Gasteiger partial charge in [0.2, 0.25) is 0 Å². The van der Waals surface area contributed by atoms with Crippen molar-refractivity contribution in [2.24, 2.45) is 0 Å². The molecule has 9 heteroatoms. The van der Waals surface area contributed by atoms with Crippen molar-refractivity contribution < 1.29 is 40.9 Å². The molecule has 0 spiro atoms. The summed E-state index contributed by atoms with van der Waals surface area (Å²) in [6.45, 7) is 1.67. The van der Waals surface area contributed by atoms with Crippen LogP contribution in [-0.2, 0) is 9.47 Å². The molecule has 0 aromatic heterocycles. The molecule has 3 nitrogen and oxygen atoms in total. The van der Waals surface area contributed by atoms with Gasteiger partial charge in [0, 0.05) is 0 Å². The van der Waals surface area contributed by atoms with Crippen molar-refractivity contribution >= 4 is 0 Å². The minimum atomic E-state index is -5.03. The van der Waals surface area contributed by atoms with E-state index in [0.29, 0.717) is 6.92 Å². The molecule has 0 aromatic rings. The number of alkyl halides is 6. The first-order valence-corrected chi connectivity index (χ1v) is 5.87. The van der Waals surface area contributed by atoms with E-state index in [0.717, 1.165) is 20.8 Å². The molecule has 0 saturated heterocycles. The van der Waals surface area contributed by atoms with Gasteiger partial charge in [0.15, 0.2) is 0 Å². The number of aliphatic hydroxyl groups is 1. The lowest BCUT2D eigenvalue weighted by atomic mass is 9.93. The maximum atomic E-state index is 13.9. The minimum Gasteiger partial charge on any atom is -0.387 e. The molecule has 0 heterocycles. The minimum absolute atomic E-state index is 0.411. The number of hydrogen-bond donors (Lipinski definition) is 1. The van der Waals surface area contributed by atoms with Crippen LogP contribution in [0.3, 0.4) is 0 Å². The summed E-state index contributed by atoms with van der Waals surface area (Å²) in [5, 5.41) is 8.33. The summed E-state index contributed by atoms with van der Waals surface area (Å²) in [4.78, 5) is 0. The zero-order valence-corrected chi connectivity index (χ0v) is 11.5. The number of rotatable bonds is 8. The first kappa shape index (κ1) is 19.5. The fraction of sp³-hybridized carbons (Fsp3) is 1.00. The Balaban J connectivity index is 5.48. The smallest absolute Gasteiger partial charge is 0.387 e. The van der Waals surface area contributed by atoms with E-state index in [2.05, 4.69) is 9.47 Å². The van der Waals surface area contributed by atoms with Crippen LogP contribution in [0.2, 0.25) is 0 Å². The number of hydrogen-bond acceptors (Lipinski definition) is 3. The lowest BCUT2D eigenvalue weighted by Crippen LogP contribution is -2.61. The Kier molecular flexibility index (Phi) is 5.90. The largest absolute Gasteiger partial charge is 0.422 e. The van der Waals surface area contributed by atoms with Crippen molar-refractivity contribution in [1.29, 1.82) is 0 Å². The maximum absolute atomic E-state index is 13.9. The maximum Gasteiger partial charge on any atom is 0.422 e. The van der Waals surface area contributed by atoms with E-state index in [4.69, 9.17) is 5.11 Å². The quantitative estimate of drug-likeness (QED) is 0.698. The Morgan fingerprint density at radius 2 is 1.50 bits per heavy atom. The first-order chi connectivity index (χ1) is 8.74. The highest BCUT2D eigenvalue weighted by atomic mass is 19.3. The highest BCUT2D eigenvalue weighted by Crippen LogP contribution is 2.48. The number of halogens is 6. The second kappa shape index (κ2) is 6.07. The molecule has 0 amide bonds. The molecule has 1 atom stereocenters. The lowest BCUT2D eigenvalue weighted by molar-refractivity contribution is -0.429. The SMILES string of the molecule is CCC(C)(OC(F)(F)CO)C(F)(F)C(F)(F)OC(C)C. The van der Waals surface area contributed by atoms with Crippen molar-refractivity contribution in [3.63, 3.8) is 0 Å². The van der Waals surface area contributed by atoms with E-state index in [1.165, 1.54) is 0 Å². The third-order valence-corrected chi connectivity index (χ3v) is 2.65. The van der Waals surface area contributed by atoms with Crippen molar-refractivity contribution in [3.05, 3.63) is 0 Å². The van der Waals surface area contributed by atoms with Crippen LogP contribution >= 0.6 is 0 Å². The summed E-state index contributed by atoms with van der Waals surface area (Å²) >= 11 is 0. The van der Waals surface area contributed by atoms with Crippen LogP contribution < -0.4 is 0 Å². The van der Waals surface area contributed by atoms with E-state index in [1.807, 2.05) is 0 Å². The monoisotopic (exact) mass is 312 g/mol. The predicted octanol–water partition coefficient (Wildman–Crippen LogP) is 3.41. The molecule has 0 rings (SSSR count). The van der Waals surface area contributed by atoms with Gasteiger partial charge in [0.1, 0.15) is 12.2 Å². The Bertz CT molecular complexity index is 321. The Morgan fingerprint density at radius 1 is 1.05 bits per heavy atom. The summed E-state index contributed by atoms with van der Waals surface area (Å²) in [7, 11) is 0. The van der Waals surface area contributed by atoms with Gasteiger partial charge in [-0.05, 0) is 27.2 Å². The molecule has 1 N–H and O–H groups in total. The molecule has 20 heavy (non-hydrogen) atoms. The van der Waals surface area contributed by atoms with Crippen LogP contribution in [0, 0.1) is 0 Å². The molecule has 0 bridgehead atoms. The van der Waals surface area contributed by atoms with Crippen LogP contribution in [0.1, 0.15) is 34.1 Å². The zero-order chi connectivity index (χ0) is 16.4. The normalized spacial score (nSPS) is 17.4.